The highest BCUT2D eigenvalue weighted by atomic mass is 32.2. The highest BCUT2D eigenvalue weighted by molar-refractivity contribution is 8.00. The molecule has 4 rings (SSSR count). The van der Waals surface area contributed by atoms with Gasteiger partial charge in [-0.05, 0) is 22.3 Å². The summed E-state index contributed by atoms with van der Waals surface area (Å²) in [5.41, 5.74) is 5.99. The van der Waals surface area contributed by atoms with Gasteiger partial charge in [-0.1, -0.05) is 109 Å². The number of carbonyl (C=O) groups excluding carboxylic acids is 2. The van der Waals surface area contributed by atoms with Crippen LogP contribution in [0.2, 0.25) is 0 Å². The summed E-state index contributed by atoms with van der Waals surface area (Å²) in [6, 6.07) is 35.9. The summed E-state index contributed by atoms with van der Waals surface area (Å²) >= 11 is 3.17. The van der Waals surface area contributed by atoms with Gasteiger partial charge in [-0.15, -0.1) is 0 Å². The Kier molecular flexibility index (Phi) is 10.6. The van der Waals surface area contributed by atoms with Crippen LogP contribution in [0.1, 0.15) is 20.7 Å². The molecule has 0 heterocycles. The van der Waals surface area contributed by atoms with Crippen molar-refractivity contribution in [3.05, 3.63) is 120 Å². The summed E-state index contributed by atoms with van der Waals surface area (Å²) in [7, 11) is 0. The van der Waals surface area contributed by atoms with Gasteiger partial charge in [0.15, 0.2) is 11.6 Å². The lowest BCUT2D eigenvalue weighted by molar-refractivity contribution is 0.101. The lowest BCUT2D eigenvalue weighted by Gasteiger charge is -2.06. The number of rotatable bonds is 14. The van der Waals surface area contributed by atoms with Crippen molar-refractivity contribution in [1.29, 1.82) is 0 Å². The van der Waals surface area contributed by atoms with E-state index in [4.69, 9.17) is 4.74 Å². The Morgan fingerprint density at radius 3 is 1.22 bits per heavy atom. The van der Waals surface area contributed by atoms with Gasteiger partial charge in [-0.2, -0.15) is 23.5 Å². The van der Waals surface area contributed by atoms with Crippen LogP contribution in [0, 0.1) is 0 Å². The van der Waals surface area contributed by atoms with E-state index in [0.29, 0.717) is 24.7 Å². The van der Waals surface area contributed by atoms with Crippen LogP contribution in [0.4, 0.5) is 0 Å². The zero-order valence-electron chi connectivity index (χ0n) is 20.7. The van der Waals surface area contributed by atoms with E-state index in [1.54, 1.807) is 23.5 Å². The molecule has 37 heavy (non-hydrogen) atoms. The van der Waals surface area contributed by atoms with Gasteiger partial charge in [-0.25, -0.2) is 0 Å². The molecule has 188 valence electrons. The third-order valence-corrected chi connectivity index (χ3v) is 7.68. The van der Waals surface area contributed by atoms with Gasteiger partial charge in [0.2, 0.25) is 0 Å². The van der Waals surface area contributed by atoms with Gasteiger partial charge in [0, 0.05) is 22.6 Å². The maximum atomic E-state index is 12.4. The number of ketones is 2. The first-order valence-corrected chi connectivity index (χ1v) is 14.6. The summed E-state index contributed by atoms with van der Waals surface area (Å²) in [6.07, 6.45) is 0. The summed E-state index contributed by atoms with van der Waals surface area (Å²) < 4.78 is 5.67. The number of carbonyl (C=O) groups is 2. The molecule has 0 aromatic heterocycles. The average molecular weight is 527 g/mol. The molecule has 0 spiro atoms. The predicted molar refractivity (Wildman–Crippen MR) is 158 cm³/mol. The molecule has 0 aliphatic rings. The lowest BCUT2D eigenvalue weighted by Crippen LogP contribution is -2.07. The molecule has 0 radical (unpaired) electrons. The zero-order chi connectivity index (χ0) is 25.7. The molecule has 0 unspecified atom stereocenters. The molecule has 4 aromatic rings. The molecule has 0 aliphatic carbocycles. The van der Waals surface area contributed by atoms with Crippen molar-refractivity contribution in [2.45, 2.75) is 0 Å². The predicted octanol–water partition coefficient (Wildman–Crippen LogP) is 7.57. The Hall–Kier alpha value is -3.12. The van der Waals surface area contributed by atoms with Gasteiger partial charge in [-0.3, -0.25) is 9.59 Å². The first-order chi connectivity index (χ1) is 18.2. The number of ether oxygens (including phenoxy) is 1. The molecular weight excluding hydrogens is 496 g/mol. The average Bonchev–Trinajstić information content (AvgIpc) is 2.97. The largest absolute Gasteiger partial charge is 0.380 e. The second-order valence-electron chi connectivity index (χ2n) is 8.45. The highest BCUT2D eigenvalue weighted by Gasteiger charge is 2.08. The molecule has 0 aliphatic heterocycles. The Labute approximate surface area is 227 Å². The van der Waals surface area contributed by atoms with Crippen molar-refractivity contribution in [3.8, 4) is 22.3 Å². The van der Waals surface area contributed by atoms with Gasteiger partial charge >= 0.3 is 0 Å². The fraction of sp³-hybridized carbons (Fsp3) is 0.188. The minimum absolute atomic E-state index is 0.135. The number of hydrogen-bond donors (Lipinski definition) is 0. The first kappa shape index (κ1) is 26.9. The topological polar surface area (TPSA) is 43.4 Å². The zero-order valence-corrected chi connectivity index (χ0v) is 22.3. The highest BCUT2D eigenvalue weighted by Crippen LogP contribution is 2.21. The summed E-state index contributed by atoms with van der Waals surface area (Å²) in [5, 5.41) is 0. The molecule has 0 fully saturated rings. The van der Waals surface area contributed by atoms with Crippen molar-refractivity contribution in [2.24, 2.45) is 0 Å². The van der Waals surface area contributed by atoms with Crippen LogP contribution in [0.25, 0.3) is 22.3 Å². The molecule has 0 saturated heterocycles. The fourth-order valence-electron chi connectivity index (χ4n) is 3.79. The van der Waals surface area contributed by atoms with Crippen LogP contribution in [-0.4, -0.2) is 47.8 Å². The quantitative estimate of drug-likeness (QED) is 0.125. The molecule has 0 saturated carbocycles. The van der Waals surface area contributed by atoms with Crippen LogP contribution in [0.3, 0.4) is 0 Å². The number of hydrogen-bond acceptors (Lipinski definition) is 5. The Balaban J connectivity index is 1.05. The van der Waals surface area contributed by atoms with Crippen LogP contribution in [-0.2, 0) is 4.74 Å². The van der Waals surface area contributed by atoms with Crippen molar-refractivity contribution in [1.82, 2.24) is 0 Å². The number of benzene rings is 4. The van der Waals surface area contributed by atoms with Crippen molar-refractivity contribution >= 4 is 35.1 Å². The summed E-state index contributed by atoms with van der Waals surface area (Å²) in [6.45, 7) is 1.20. The van der Waals surface area contributed by atoms with Gasteiger partial charge in [0.25, 0.3) is 0 Å². The third-order valence-electron chi connectivity index (χ3n) is 5.84. The molecule has 0 N–H and O–H groups in total. The van der Waals surface area contributed by atoms with E-state index in [1.165, 1.54) is 0 Å². The first-order valence-electron chi connectivity index (χ1n) is 12.3. The smallest absolute Gasteiger partial charge is 0.172 e. The Morgan fingerprint density at radius 1 is 0.486 bits per heavy atom. The molecular formula is C32H30O3S2. The Bertz CT molecular complexity index is 1150. The van der Waals surface area contributed by atoms with Crippen LogP contribution in [0.15, 0.2) is 109 Å². The maximum Gasteiger partial charge on any atom is 0.172 e. The van der Waals surface area contributed by atoms with Gasteiger partial charge < -0.3 is 4.74 Å². The second-order valence-corrected chi connectivity index (χ2v) is 10.7. The lowest BCUT2D eigenvalue weighted by atomic mass is 10.0. The monoisotopic (exact) mass is 526 g/mol. The van der Waals surface area contributed by atoms with Crippen molar-refractivity contribution < 1.29 is 14.3 Å². The van der Waals surface area contributed by atoms with E-state index >= 15 is 0 Å². The summed E-state index contributed by atoms with van der Waals surface area (Å²) in [4.78, 5) is 24.9. The number of thioether (sulfide) groups is 2. The standard InChI is InChI=1S/C32H30O3S2/c33-31(29-15-11-27(12-16-29)25-7-3-1-4-8-25)23-36-21-19-35-20-22-37-24-32(34)30-17-13-28(14-18-30)26-9-5-2-6-10-26/h1-18H,19-24H2. The molecule has 4 aromatic carbocycles. The molecule has 0 bridgehead atoms. The van der Waals surface area contributed by atoms with E-state index in [1.807, 2.05) is 84.9 Å². The summed E-state index contributed by atoms with van der Waals surface area (Å²) in [5.74, 6) is 2.70. The van der Waals surface area contributed by atoms with Crippen LogP contribution < -0.4 is 0 Å². The van der Waals surface area contributed by atoms with E-state index in [-0.39, 0.29) is 11.6 Å². The Morgan fingerprint density at radius 2 is 0.838 bits per heavy atom. The van der Waals surface area contributed by atoms with Gasteiger partial charge in [0.1, 0.15) is 0 Å². The third kappa shape index (κ3) is 8.46. The van der Waals surface area contributed by atoms with Crippen molar-refractivity contribution in [2.75, 3.05) is 36.2 Å². The minimum Gasteiger partial charge on any atom is -0.380 e. The fourth-order valence-corrected chi connectivity index (χ4v) is 5.26. The van der Waals surface area contributed by atoms with Crippen LogP contribution in [0.5, 0.6) is 0 Å². The molecule has 0 amide bonds. The molecule has 3 nitrogen and oxygen atoms in total. The SMILES string of the molecule is O=C(CSCCOCCSCC(=O)c1ccc(-c2ccccc2)cc1)c1ccc(-c2ccccc2)cc1. The normalized spacial score (nSPS) is 10.8. The molecule has 0 atom stereocenters. The van der Waals surface area contributed by atoms with Crippen molar-refractivity contribution in [3.63, 3.8) is 0 Å². The maximum absolute atomic E-state index is 12.4. The van der Waals surface area contributed by atoms with E-state index < -0.39 is 0 Å². The second kappa shape index (κ2) is 14.6. The molecule has 5 heteroatoms. The van der Waals surface area contributed by atoms with E-state index in [2.05, 4.69) is 24.3 Å². The van der Waals surface area contributed by atoms with E-state index in [9.17, 15) is 9.59 Å². The minimum atomic E-state index is 0.135. The number of Topliss-reactive ketones (excluding diaryl/α,β-unsaturated/α-hetero) is 2. The van der Waals surface area contributed by atoms with Gasteiger partial charge in [0.05, 0.1) is 24.7 Å². The van der Waals surface area contributed by atoms with Crippen LogP contribution >= 0.6 is 23.5 Å². The van der Waals surface area contributed by atoms with E-state index in [0.717, 1.165) is 44.9 Å².